The number of fused-ring (bicyclic) bond motifs is 3. The first-order valence-corrected chi connectivity index (χ1v) is 7.21. The summed E-state index contributed by atoms with van der Waals surface area (Å²) in [4.78, 5) is 0. The van der Waals surface area contributed by atoms with Crippen molar-refractivity contribution in [3.63, 3.8) is 0 Å². The Morgan fingerprint density at radius 3 is 2.59 bits per heavy atom. The van der Waals surface area contributed by atoms with Crippen molar-refractivity contribution in [2.75, 3.05) is 5.73 Å². The molecule has 3 nitrogen and oxygen atoms in total. The van der Waals surface area contributed by atoms with Crippen molar-refractivity contribution in [3.05, 3.63) is 36.4 Å². The molecular formula is C13H13N3Se. The Morgan fingerprint density at radius 1 is 1.06 bits per heavy atom. The summed E-state index contributed by atoms with van der Waals surface area (Å²) in [5.74, 6) is 0. The SMILES string of the molecule is Cn1c2ccccc2c2ccc([Se]N)c(N)c21. The van der Waals surface area contributed by atoms with Gasteiger partial charge in [-0.15, -0.1) is 0 Å². The Kier molecular flexibility index (Phi) is 2.37. The van der Waals surface area contributed by atoms with Crippen LogP contribution in [-0.2, 0) is 7.05 Å². The monoisotopic (exact) mass is 291 g/mol. The Labute approximate surface area is 106 Å². The van der Waals surface area contributed by atoms with Crippen molar-refractivity contribution in [2.24, 2.45) is 11.8 Å². The number of hydrogen-bond acceptors (Lipinski definition) is 2. The number of aryl methyl sites for hydroxylation is 1. The van der Waals surface area contributed by atoms with Gasteiger partial charge in [-0.3, -0.25) is 0 Å². The van der Waals surface area contributed by atoms with Gasteiger partial charge >= 0.3 is 106 Å². The second kappa shape index (κ2) is 3.77. The summed E-state index contributed by atoms with van der Waals surface area (Å²) in [7, 11) is 2.05. The zero-order valence-corrected chi connectivity index (χ0v) is 11.2. The molecular weight excluding hydrogens is 277 g/mol. The zero-order chi connectivity index (χ0) is 12.0. The van der Waals surface area contributed by atoms with E-state index in [2.05, 4.69) is 28.8 Å². The Hall–Kier alpha value is -1.48. The quantitative estimate of drug-likeness (QED) is 0.521. The van der Waals surface area contributed by atoms with Gasteiger partial charge in [0, 0.05) is 0 Å². The van der Waals surface area contributed by atoms with Crippen LogP contribution in [0.2, 0.25) is 0 Å². The van der Waals surface area contributed by atoms with E-state index in [0.717, 1.165) is 15.7 Å². The molecule has 0 bridgehead atoms. The number of nitrogens with zero attached hydrogens (tertiary/aromatic N) is 1. The van der Waals surface area contributed by atoms with E-state index in [-0.39, 0.29) is 15.2 Å². The third-order valence-corrected chi connectivity index (χ3v) is 4.47. The van der Waals surface area contributed by atoms with Crippen molar-refractivity contribution in [2.45, 2.75) is 0 Å². The number of para-hydroxylation sites is 1. The number of hydrogen-bond donors (Lipinski definition) is 2. The Morgan fingerprint density at radius 2 is 1.82 bits per heavy atom. The molecule has 0 saturated heterocycles. The third-order valence-electron chi connectivity index (χ3n) is 3.20. The zero-order valence-electron chi connectivity index (χ0n) is 9.47. The summed E-state index contributed by atoms with van der Waals surface area (Å²) < 4.78 is 8.97. The van der Waals surface area contributed by atoms with Crippen LogP contribution in [0, 0.1) is 0 Å². The summed E-state index contributed by atoms with van der Waals surface area (Å²) in [6.45, 7) is 0. The van der Waals surface area contributed by atoms with Gasteiger partial charge in [0.05, 0.1) is 0 Å². The van der Waals surface area contributed by atoms with Gasteiger partial charge in [0.15, 0.2) is 0 Å². The van der Waals surface area contributed by atoms with Gasteiger partial charge in [0.25, 0.3) is 0 Å². The first kappa shape index (κ1) is 10.7. The predicted molar refractivity (Wildman–Crippen MR) is 74.4 cm³/mol. The molecule has 3 aromatic rings. The van der Waals surface area contributed by atoms with E-state index in [1.54, 1.807) is 0 Å². The molecule has 0 radical (unpaired) electrons. The van der Waals surface area contributed by atoms with Gasteiger partial charge in [-0.25, -0.2) is 0 Å². The molecule has 0 amide bonds. The molecule has 0 atom stereocenters. The van der Waals surface area contributed by atoms with E-state index < -0.39 is 0 Å². The molecule has 0 saturated carbocycles. The van der Waals surface area contributed by atoms with Crippen LogP contribution in [0.4, 0.5) is 5.69 Å². The first-order chi connectivity index (χ1) is 8.24. The number of benzene rings is 2. The maximum absolute atomic E-state index is 6.21. The fourth-order valence-electron chi connectivity index (χ4n) is 2.39. The van der Waals surface area contributed by atoms with Crippen LogP contribution in [0.1, 0.15) is 0 Å². The second-order valence-electron chi connectivity index (χ2n) is 4.07. The predicted octanol–water partition coefficient (Wildman–Crippen LogP) is 1.12. The van der Waals surface area contributed by atoms with E-state index in [1.165, 1.54) is 16.3 Å². The molecule has 4 N–H and O–H groups in total. The minimum atomic E-state index is -0.0608. The molecule has 0 aliphatic heterocycles. The van der Waals surface area contributed by atoms with Gasteiger partial charge in [-0.2, -0.15) is 0 Å². The summed E-state index contributed by atoms with van der Waals surface area (Å²) in [5.41, 5.74) is 9.33. The molecule has 3 rings (SSSR count). The average molecular weight is 290 g/mol. The van der Waals surface area contributed by atoms with E-state index in [4.69, 9.17) is 10.5 Å². The van der Waals surface area contributed by atoms with Crippen LogP contribution in [0.15, 0.2) is 36.4 Å². The van der Waals surface area contributed by atoms with Crippen molar-refractivity contribution in [3.8, 4) is 0 Å². The minimum absolute atomic E-state index is 0.0608. The van der Waals surface area contributed by atoms with Crippen molar-refractivity contribution in [1.82, 2.24) is 4.57 Å². The van der Waals surface area contributed by atoms with Crippen molar-refractivity contribution >= 4 is 47.1 Å². The fourth-order valence-corrected chi connectivity index (χ4v) is 3.16. The van der Waals surface area contributed by atoms with Crippen LogP contribution in [0.3, 0.4) is 0 Å². The molecule has 86 valence electrons. The number of anilines is 1. The van der Waals surface area contributed by atoms with Gasteiger partial charge in [0.1, 0.15) is 0 Å². The molecule has 0 unspecified atom stereocenters. The Bertz CT molecular complexity index is 715. The number of nitrogen functional groups attached to an aromatic ring is 1. The average Bonchev–Trinajstić information content (AvgIpc) is 2.65. The normalized spacial score (nSPS) is 11.4. The summed E-state index contributed by atoms with van der Waals surface area (Å²) in [6, 6.07) is 12.5. The van der Waals surface area contributed by atoms with Crippen molar-refractivity contribution < 1.29 is 0 Å². The topological polar surface area (TPSA) is 57.0 Å². The molecule has 0 fully saturated rings. The van der Waals surface area contributed by atoms with E-state index in [9.17, 15) is 0 Å². The molecule has 17 heavy (non-hydrogen) atoms. The Balaban J connectivity index is 2.57. The van der Waals surface area contributed by atoms with E-state index in [1.807, 2.05) is 19.2 Å². The summed E-state index contributed by atoms with van der Waals surface area (Å²) in [5, 5.41) is 2.45. The molecule has 0 aliphatic carbocycles. The van der Waals surface area contributed by atoms with Crippen molar-refractivity contribution in [1.29, 1.82) is 0 Å². The molecule has 2 aromatic carbocycles. The summed E-state index contributed by atoms with van der Waals surface area (Å²) >= 11 is -0.0608. The summed E-state index contributed by atoms with van der Waals surface area (Å²) in [6.07, 6.45) is 0. The molecule has 1 aromatic heterocycles. The van der Waals surface area contributed by atoms with Crippen LogP contribution in [0.5, 0.6) is 0 Å². The maximum atomic E-state index is 6.21. The standard InChI is InChI=1S/C13H13N3Se/c1-16-10-5-3-2-4-8(10)9-6-7-11(17-15)12(14)13(9)16/h2-7H,14-15H2,1H3. The van der Waals surface area contributed by atoms with Gasteiger partial charge < -0.3 is 0 Å². The van der Waals surface area contributed by atoms with Gasteiger partial charge in [0.2, 0.25) is 0 Å². The number of nitrogens with two attached hydrogens (primary N) is 2. The van der Waals surface area contributed by atoms with Crippen LogP contribution >= 0.6 is 0 Å². The first-order valence-electron chi connectivity index (χ1n) is 5.36. The molecule has 1 heterocycles. The number of rotatable bonds is 1. The van der Waals surface area contributed by atoms with Crippen LogP contribution in [-0.4, -0.2) is 19.7 Å². The number of aromatic nitrogens is 1. The second-order valence-corrected chi connectivity index (χ2v) is 5.48. The third kappa shape index (κ3) is 1.39. The van der Waals surface area contributed by atoms with Gasteiger partial charge in [-0.1, -0.05) is 0 Å². The molecule has 0 aliphatic rings. The van der Waals surface area contributed by atoms with E-state index in [0.29, 0.717) is 0 Å². The van der Waals surface area contributed by atoms with E-state index >= 15 is 0 Å². The van der Waals surface area contributed by atoms with Gasteiger partial charge in [-0.05, 0) is 0 Å². The molecule has 0 spiro atoms. The van der Waals surface area contributed by atoms with Crippen LogP contribution < -0.4 is 14.9 Å². The fraction of sp³-hybridized carbons (Fsp3) is 0.0769. The molecule has 4 heteroatoms. The van der Waals surface area contributed by atoms with Crippen LogP contribution in [0.25, 0.3) is 21.8 Å².